The van der Waals surface area contributed by atoms with Crippen molar-refractivity contribution in [1.82, 2.24) is 14.6 Å². The monoisotopic (exact) mass is 315 g/mol. The number of carbonyl (C=O) groups excluding carboxylic acids is 1. The number of methoxy groups -OCH3 is 1. The molecule has 1 aromatic rings. The summed E-state index contributed by atoms with van der Waals surface area (Å²) < 4.78 is 31.7. The molecule has 1 unspecified atom stereocenters. The Morgan fingerprint density at radius 2 is 2.14 bits per heavy atom. The minimum absolute atomic E-state index is 0.0630. The van der Waals surface area contributed by atoms with E-state index in [9.17, 15) is 13.2 Å². The lowest BCUT2D eigenvalue weighted by atomic mass is 10.4. The van der Waals surface area contributed by atoms with Crippen LogP contribution in [0.2, 0.25) is 0 Å². The second-order valence-corrected chi connectivity index (χ2v) is 6.94. The van der Waals surface area contributed by atoms with Crippen molar-refractivity contribution in [3.63, 3.8) is 0 Å². The molecule has 1 saturated heterocycles. The number of aromatic nitrogens is 1. The molecule has 0 radical (unpaired) electrons. The van der Waals surface area contributed by atoms with Crippen LogP contribution in [0.3, 0.4) is 0 Å². The summed E-state index contributed by atoms with van der Waals surface area (Å²) in [5.74, 6) is -0.154. The van der Waals surface area contributed by atoms with E-state index in [2.05, 4.69) is 9.71 Å². The van der Waals surface area contributed by atoms with E-state index in [1.807, 2.05) is 0 Å². The lowest BCUT2D eigenvalue weighted by molar-refractivity contribution is 0.0787. The van der Waals surface area contributed by atoms with E-state index in [-0.39, 0.29) is 23.5 Å². The van der Waals surface area contributed by atoms with E-state index in [0.29, 0.717) is 5.69 Å². The van der Waals surface area contributed by atoms with Gasteiger partial charge < -0.3 is 14.6 Å². The molecule has 7 nitrogen and oxygen atoms in total. The maximum atomic E-state index is 12.2. The summed E-state index contributed by atoms with van der Waals surface area (Å²) in [5, 5.41) is 0. The van der Waals surface area contributed by atoms with Crippen molar-refractivity contribution in [2.45, 2.75) is 30.7 Å². The highest BCUT2D eigenvalue weighted by Gasteiger charge is 2.24. The Hall–Kier alpha value is -1.38. The number of hydrogen-bond donors (Lipinski definition) is 2. The maximum Gasteiger partial charge on any atom is 0.270 e. The Kier molecular flexibility index (Phi) is 5.02. The first-order valence-corrected chi connectivity index (χ1v) is 8.41. The third-order valence-electron chi connectivity index (χ3n) is 3.36. The number of carbonyl (C=O) groups is 1. The fraction of sp³-hybridized carbons (Fsp3) is 0.615. The number of likely N-dealkylation sites (tertiary alicyclic amines) is 1. The van der Waals surface area contributed by atoms with Crippen molar-refractivity contribution in [3.8, 4) is 0 Å². The highest BCUT2D eigenvalue weighted by atomic mass is 32.2. The molecular weight excluding hydrogens is 294 g/mol. The van der Waals surface area contributed by atoms with Crippen LogP contribution < -0.4 is 4.72 Å². The molecular formula is C13H21N3O4S. The first-order chi connectivity index (χ1) is 9.94. The number of rotatable bonds is 6. The summed E-state index contributed by atoms with van der Waals surface area (Å²) >= 11 is 0. The van der Waals surface area contributed by atoms with Crippen LogP contribution >= 0.6 is 0 Å². The van der Waals surface area contributed by atoms with Gasteiger partial charge in [0.05, 0.1) is 6.61 Å². The minimum Gasteiger partial charge on any atom is -0.383 e. The summed E-state index contributed by atoms with van der Waals surface area (Å²) in [7, 11) is -2.14. The fourth-order valence-electron chi connectivity index (χ4n) is 2.36. The van der Waals surface area contributed by atoms with Crippen molar-refractivity contribution < 1.29 is 17.9 Å². The summed E-state index contributed by atoms with van der Waals surface area (Å²) in [4.78, 5) is 16.7. The lowest BCUT2D eigenvalue weighted by Crippen LogP contribution is -2.35. The Labute approximate surface area is 124 Å². The summed E-state index contributed by atoms with van der Waals surface area (Å²) in [6.45, 7) is 3.44. The average molecular weight is 315 g/mol. The van der Waals surface area contributed by atoms with Crippen molar-refractivity contribution in [1.29, 1.82) is 0 Å². The molecule has 118 valence electrons. The number of nitrogens with zero attached hydrogens (tertiary/aromatic N) is 1. The summed E-state index contributed by atoms with van der Waals surface area (Å²) in [6, 6.07) is 1.04. The van der Waals surface area contributed by atoms with Gasteiger partial charge >= 0.3 is 0 Å². The molecule has 8 heteroatoms. The van der Waals surface area contributed by atoms with Crippen molar-refractivity contribution in [2.24, 2.45) is 0 Å². The Morgan fingerprint density at radius 3 is 2.76 bits per heavy atom. The zero-order valence-electron chi connectivity index (χ0n) is 12.3. The van der Waals surface area contributed by atoms with Gasteiger partial charge in [-0.15, -0.1) is 0 Å². The minimum atomic E-state index is -3.65. The number of hydrogen-bond acceptors (Lipinski definition) is 4. The van der Waals surface area contributed by atoms with Crippen LogP contribution in [-0.4, -0.2) is 57.1 Å². The van der Waals surface area contributed by atoms with Crippen molar-refractivity contribution in [2.75, 3.05) is 26.8 Å². The molecule has 1 fully saturated rings. The number of nitrogens with one attached hydrogen (secondary N) is 2. The van der Waals surface area contributed by atoms with Crippen LogP contribution in [0, 0.1) is 0 Å². The molecule has 0 bridgehead atoms. The van der Waals surface area contributed by atoms with Crippen LogP contribution in [0.4, 0.5) is 0 Å². The number of sulfonamides is 1. The molecule has 21 heavy (non-hydrogen) atoms. The van der Waals surface area contributed by atoms with E-state index in [0.717, 1.165) is 25.9 Å². The molecule has 2 N–H and O–H groups in total. The van der Waals surface area contributed by atoms with E-state index >= 15 is 0 Å². The normalized spacial score (nSPS) is 17.1. The molecule has 1 aromatic heterocycles. The molecule has 1 aliphatic rings. The second kappa shape index (κ2) is 6.59. The molecule has 2 rings (SSSR count). The number of amides is 1. The van der Waals surface area contributed by atoms with E-state index < -0.39 is 10.0 Å². The van der Waals surface area contributed by atoms with Crippen LogP contribution in [0.25, 0.3) is 0 Å². The van der Waals surface area contributed by atoms with E-state index in [1.165, 1.54) is 19.4 Å². The molecule has 1 aliphatic heterocycles. The van der Waals surface area contributed by atoms with Gasteiger partial charge in [0.2, 0.25) is 10.0 Å². The second-order valence-electron chi connectivity index (χ2n) is 5.23. The predicted molar refractivity (Wildman–Crippen MR) is 77.6 cm³/mol. The first kappa shape index (κ1) is 16.0. The highest BCUT2D eigenvalue weighted by Crippen LogP contribution is 2.16. The van der Waals surface area contributed by atoms with Crippen LogP contribution in [-0.2, 0) is 14.8 Å². The van der Waals surface area contributed by atoms with E-state index in [4.69, 9.17) is 4.74 Å². The van der Waals surface area contributed by atoms with Gasteiger partial charge in [0, 0.05) is 32.4 Å². The van der Waals surface area contributed by atoms with Gasteiger partial charge in [-0.1, -0.05) is 0 Å². The summed E-state index contributed by atoms with van der Waals surface area (Å²) in [5.41, 5.74) is 0.302. The lowest BCUT2D eigenvalue weighted by Gasteiger charge is -2.13. The SMILES string of the molecule is COCC(C)NS(=O)(=O)c1c[nH]c(C(=O)N2CCCC2)c1. The molecule has 1 amide bonds. The quantitative estimate of drug-likeness (QED) is 0.802. The standard InChI is InChI=1S/C13H21N3O4S/c1-10(9-20-2)15-21(18,19)11-7-12(14-8-11)13(17)16-5-3-4-6-16/h7-8,10,14-15H,3-6,9H2,1-2H3. The molecule has 0 saturated carbocycles. The Morgan fingerprint density at radius 1 is 1.48 bits per heavy atom. The molecule has 0 spiro atoms. The van der Waals surface area contributed by atoms with Gasteiger partial charge in [-0.2, -0.15) is 0 Å². The number of H-pyrrole nitrogens is 1. The third-order valence-corrected chi connectivity index (χ3v) is 4.93. The predicted octanol–water partition coefficient (Wildman–Crippen LogP) is 0.564. The molecule has 0 aliphatic carbocycles. The van der Waals surface area contributed by atoms with Gasteiger partial charge in [-0.3, -0.25) is 4.79 Å². The van der Waals surface area contributed by atoms with E-state index in [1.54, 1.807) is 11.8 Å². The smallest absolute Gasteiger partial charge is 0.270 e. The third kappa shape index (κ3) is 3.84. The average Bonchev–Trinajstić information content (AvgIpc) is 3.09. The Balaban J connectivity index is 2.09. The van der Waals surface area contributed by atoms with Crippen LogP contribution in [0.15, 0.2) is 17.2 Å². The highest BCUT2D eigenvalue weighted by molar-refractivity contribution is 7.89. The van der Waals surface area contributed by atoms with Crippen LogP contribution in [0.1, 0.15) is 30.3 Å². The number of aromatic amines is 1. The molecule has 1 atom stereocenters. The first-order valence-electron chi connectivity index (χ1n) is 6.93. The van der Waals surface area contributed by atoms with Crippen LogP contribution in [0.5, 0.6) is 0 Å². The molecule has 0 aromatic carbocycles. The number of ether oxygens (including phenoxy) is 1. The van der Waals surface area contributed by atoms with Gasteiger partial charge in [-0.25, -0.2) is 13.1 Å². The zero-order chi connectivity index (χ0) is 15.5. The van der Waals surface area contributed by atoms with Gasteiger partial charge in [0.15, 0.2) is 0 Å². The largest absolute Gasteiger partial charge is 0.383 e. The van der Waals surface area contributed by atoms with Crippen molar-refractivity contribution >= 4 is 15.9 Å². The van der Waals surface area contributed by atoms with Gasteiger partial charge in [0.25, 0.3) is 5.91 Å². The Bertz CT molecular complexity index is 590. The maximum absolute atomic E-state index is 12.2. The fourth-order valence-corrected chi connectivity index (χ4v) is 3.58. The van der Waals surface area contributed by atoms with Gasteiger partial charge in [0.1, 0.15) is 10.6 Å². The molecule has 2 heterocycles. The van der Waals surface area contributed by atoms with Crippen molar-refractivity contribution in [3.05, 3.63) is 18.0 Å². The van der Waals surface area contributed by atoms with Gasteiger partial charge in [-0.05, 0) is 25.8 Å². The summed E-state index contributed by atoms with van der Waals surface area (Å²) in [6.07, 6.45) is 3.33. The zero-order valence-corrected chi connectivity index (χ0v) is 13.1. The topological polar surface area (TPSA) is 91.5 Å².